The zero-order valence-electron chi connectivity index (χ0n) is 22.4. The van der Waals surface area contributed by atoms with Gasteiger partial charge in [0.15, 0.2) is 19.7 Å². The minimum atomic E-state index is -3.41. The highest BCUT2D eigenvalue weighted by molar-refractivity contribution is 7.91. The molecule has 0 aliphatic heterocycles. The Bertz CT molecular complexity index is 1560. The van der Waals surface area contributed by atoms with Gasteiger partial charge in [0.2, 0.25) is 5.91 Å². The largest absolute Gasteiger partial charge is 0.368 e. The van der Waals surface area contributed by atoms with Crippen molar-refractivity contribution in [2.24, 2.45) is 11.7 Å². The summed E-state index contributed by atoms with van der Waals surface area (Å²) in [7, 11) is -6.72. The summed E-state index contributed by atoms with van der Waals surface area (Å²) in [6, 6.07) is 21.4. The summed E-state index contributed by atoms with van der Waals surface area (Å²) in [4.78, 5) is 14.7. The van der Waals surface area contributed by atoms with Gasteiger partial charge in [-0.05, 0) is 58.9 Å². The van der Waals surface area contributed by atoms with Gasteiger partial charge in [0, 0.05) is 12.5 Å². The van der Waals surface area contributed by atoms with Crippen molar-refractivity contribution in [3.05, 3.63) is 83.9 Å². The van der Waals surface area contributed by atoms with E-state index in [1.165, 1.54) is 12.1 Å². The van der Waals surface area contributed by atoms with Gasteiger partial charge >= 0.3 is 0 Å². The van der Waals surface area contributed by atoms with Crippen molar-refractivity contribution >= 4 is 25.6 Å². The third-order valence-electron chi connectivity index (χ3n) is 6.47. The molecule has 3 rings (SSSR count). The molecule has 39 heavy (non-hydrogen) atoms. The van der Waals surface area contributed by atoms with Crippen molar-refractivity contribution < 1.29 is 21.6 Å². The molecule has 0 saturated carbocycles. The number of hydrogen-bond donors (Lipinski definition) is 1. The number of amides is 1. The van der Waals surface area contributed by atoms with Crippen LogP contribution in [0.4, 0.5) is 0 Å². The molecule has 206 valence electrons. The van der Waals surface area contributed by atoms with Crippen LogP contribution in [-0.4, -0.2) is 52.7 Å². The molecule has 0 aromatic heterocycles. The second kappa shape index (κ2) is 12.1. The van der Waals surface area contributed by atoms with Crippen LogP contribution in [0.3, 0.4) is 0 Å². The fourth-order valence-corrected chi connectivity index (χ4v) is 5.81. The standard InChI is InChI=1S/C29H33N3O5S2/c1-20(2)19-27(29(31)33)32(18-17-30)28(24-11-15-26(16-12-24)39(4,36)37)23-7-5-21(6-8-23)22-9-13-25(14-10-22)38(3,34)35/h5-16,20,27-28H,18-19H2,1-4H3,(H2,31,33)/t27-,28?/m0/s1. The molecule has 0 spiro atoms. The van der Waals surface area contributed by atoms with Gasteiger partial charge in [-0.15, -0.1) is 0 Å². The molecule has 0 saturated heterocycles. The van der Waals surface area contributed by atoms with E-state index < -0.39 is 37.7 Å². The van der Waals surface area contributed by atoms with Crippen LogP contribution in [0.1, 0.15) is 37.4 Å². The van der Waals surface area contributed by atoms with E-state index in [-0.39, 0.29) is 22.3 Å². The first-order valence-electron chi connectivity index (χ1n) is 12.3. The van der Waals surface area contributed by atoms with Crippen LogP contribution in [0.25, 0.3) is 11.1 Å². The van der Waals surface area contributed by atoms with Gasteiger partial charge in [-0.25, -0.2) is 16.8 Å². The predicted octanol–water partition coefficient (Wildman–Crippen LogP) is 3.98. The van der Waals surface area contributed by atoms with Crippen LogP contribution in [0.15, 0.2) is 82.6 Å². The number of nitrogens with zero attached hydrogens (tertiary/aromatic N) is 2. The third kappa shape index (κ3) is 7.53. The molecule has 0 bridgehead atoms. The maximum Gasteiger partial charge on any atom is 0.234 e. The summed E-state index contributed by atoms with van der Waals surface area (Å²) in [6.45, 7) is 3.87. The number of primary amides is 1. The predicted molar refractivity (Wildman–Crippen MR) is 151 cm³/mol. The van der Waals surface area contributed by atoms with E-state index in [9.17, 15) is 26.9 Å². The smallest absolute Gasteiger partial charge is 0.234 e. The topological polar surface area (TPSA) is 138 Å². The van der Waals surface area contributed by atoms with Gasteiger partial charge in [-0.1, -0.05) is 62.4 Å². The lowest BCUT2D eigenvalue weighted by Crippen LogP contribution is -2.47. The van der Waals surface area contributed by atoms with Crippen molar-refractivity contribution in [2.45, 2.75) is 42.1 Å². The lowest BCUT2D eigenvalue weighted by molar-refractivity contribution is -0.124. The summed E-state index contributed by atoms with van der Waals surface area (Å²) >= 11 is 0. The zero-order valence-corrected chi connectivity index (χ0v) is 24.0. The number of benzene rings is 3. The van der Waals surface area contributed by atoms with Crippen LogP contribution in [0.2, 0.25) is 0 Å². The number of carbonyl (C=O) groups is 1. The Morgan fingerprint density at radius 3 is 1.54 bits per heavy atom. The maximum absolute atomic E-state index is 12.6. The molecule has 3 aromatic rings. The highest BCUT2D eigenvalue weighted by atomic mass is 32.2. The highest BCUT2D eigenvalue weighted by Gasteiger charge is 2.33. The first-order chi connectivity index (χ1) is 18.2. The van der Waals surface area contributed by atoms with Gasteiger partial charge in [0.05, 0.1) is 34.5 Å². The monoisotopic (exact) mass is 567 g/mol. The van der Waals surface area contributed by atoms with Crippen molar-refractivity contribution in [1.82, 2.24) is 4.90 Å². The molecule has 8 nitrogen and oxygen atoms in total. The van der Waals surface area contributed by atoms with Crippen LogP contribution in [-0.2, 0) is 24.5 Å². The molecule has 2 N–H and O–H groups in total. The van der Waals surface area contributed by atoms with E-state index in [4.69, 9.17) is 5.73 Å². The number of nitriles is 1. The summed E-state index contributed by atoms with van der Waals surface area (Å²) in [5.41, 5.74) is 8.99. The fraction of sp³-hybridized carbons (Fsp3) is 0.310. The Morgan fingerprint density at radius 2 is 1.18 bits per heavy atom. The maximum atomic E-state index is 12.6. The Hall–Kier alpha value is -3.52. The number of hydrogen-bond acceptors (Lipinski definition) is 7. The average molecular weight is 568 g/mol. The number of sulfone groups is 2. The molecule has 10 heteroatoms. The van der Waals surface area contributed by atoms with E-state index in [0.29, 0.717) is 12.0 Å². The van der Waals surface area contributed by atoms with Gasteiger partial charge < -0.3 is 5.73 Å². The van der Waals surface area contributed by atoms with E-state index >= 15 is 0 Å². The molecule has 0 radical (unpaired) electrons. The minimum Gasteiger partial charge on any atom is -0.368 e. The van der Waals surface area contributed by atoms with Crippen molar-refractivity contribution in [1.29, 1.82) is 5.26 Å². The molecule has 0 aliphatic rings. The van der Waals surface area contributed by atoms with E-state index in [1.54, 1.807) is 41.3 Å². The second-order valence-corrected chi connectivity index (χ2v) is 14.1. The number of nitrogens with two attached hydrogens (primary N) is 1. The van der Waals surface area contributed by atoms with E-state index in [0.717, 1.165) is 29.2 Å². The van der Waals surface area contributed by atoms with Gasteiger partial charge in [-0.2, -0.15) is 5.26 Å². The van der Waals surface area contributed by atoms with Crippen molar-refractivity contribution in [2.75, 3.05) is 19.1 Å². The van der Waals surface area contributed by atoms with Gasteiger partial charge in [0.25, 0.3) is 0 Å². The van der Waals surface area contributed by atoms with E-state index in [1.807, 2.05) is 38.1 Å². The van der Waals surface area contributed by atoms with E-state index in [2.05, 4.69) is 6.07 Å². The Labute approximate surface area is 230 Å². The van der Waals surface area contributed by atoms with Crippen molar-refractivity contribution in [3.8, 4) is 17.2 Å². The Morgan fingerprint density at radius 1 is 0.795 bits per heavy atom. The highest BCUT2D eigenvalue weighted by Crippen LogP contribution is 2.34. The molecule has 3 aromatic carbocycles. The third-order valence-corrected chi connectivity index (χ3v) is 8.73. The molecular formula is C29H33N3O5S2. The molecule has 0 fully saturated rings. The normalized spacial score (nSPS) is 13.7. The molecule has 0 aliphatic carbocycles. The quantitative estimate of drug-likeness (QED) is 0.346. The lowest BCUT2D eigenvalue weighted by Gasteiger charge is -2.36. The molecule has 0 heterocycles. The minimum absolute atomic E-state index is 0.0759. The first-order valence-corrected chi connectivity index (χ1v) is 16.1. The van der Waals surface area contributed by atoms with Crippen molar-refractivity contribution in [3.63, 3.8) is 0 Å². The Balaban J connectivity index is 2.12. The first kappa shape index (κ1) is 30.0. The second-order valence-electron chi connectivity index (χ2n) is 10.0. The summed E-state index contributed by atoms with van der Waals surface area (Å²) in [5, 5.41) is 9.70. The van der Waals surface area contributed by atoms with Crippen LogP contribution in [0.5, 0.6) is 0 Å². The zero-order chi connectivity index (χ0) is 29.0. The van der Waals surface area contributed by atoms with Gasteiger partial charge in [0.1, 0.15) is 0 Å². The Kier molecular flexibility index (Phi) is 9.33. The molecule has 2 atom stereocenters. The number of rotatable bonds is 11. The molecule has 1 unspecified atom stereocenters. The molecule has 1 amide bonds. The molecular weight excluding hydrogens is 534 g/mol. The number of carbonyl (C=O) groups excluding carboxylic acids is 1. The summed E-state index contributed by atoms with van der Waals surface area (Å²) < 4.78 is 47.7. The average Bonchev–Trinajstić information content (AvgIpc) is 2.86. The summed E-state index contributed by atoms with van der Waals surface area (Å²) in [6.07, 6.45) is 2.74. The van der Waals surface area contributed by atoms with Crippen LogP contribution < -0.4 is 5.73 Å². The fourth-order valence-electron chi connectivity index (χ4n) is 4.55. The van der Waals surface area contributed by atoms with Crippen LogP contribution >= 0.6 is 0 Å². The van der Waals surface area contributed by atoms with Crippen LogP contribution in [0, 0.1) is 17.2 Å². The summed E-state index contributed by atoms with van der Waals surface area (Å²) in [5.74, 6) is -0.409. The lowest BCUT2D eigenvalue weighted by atomic mass is 9.92. The SMILES string of the molecule is CC(C)C[C@@H](C(N)=O)N(CC#N)C(c1ccc(-c2ccc(S(C)(=O)=O)cc2)cc1)c1ccc(S(C)(=O)=O)cc1. The van der Waals surface area contributed by atoms with Gasteiger partial charge in [-0.3, -0.25) is 9.69 Å².